The van der Waals surface area contributed by atoms with E-state index in [1.807, 2.05) is 64.9 Å². The van der Waals surface area contributed by atoms with Crippen LogP contribution in [0.15, 0.2) is 54.9 Å². The summed E-state index contributed by atoms with van der Waals surface area (Å²) in [6.45, 7) is 4.18. The summed E-state index contributed by atoms with van der Waals surface area (Å²) < 4.78 is 1.99. The molecule has 196 valence electrons. The van der Waals surface area contributed by atoms with E-state index >= 15 is 0 Å². The average molecular weight is 512 g/mol. The van der Waals surface area contributed by atoms with Crippen LogP contribution >= 0.6 is 0 Å². The second-order valence-corrected chi connectivity index (χ2v) is 10.8. The number of carbonyl (C=O) groups excluding carboxylic acids is 1. The first-order valence-electron chi connectivity index (χ1n) is 13.2. The summed E-state index contributed by atoms with van der Waals surface area (Å²) in [5.41, 5.74) is 10.4. The van der Waals surface area contributed by atoms with Gasteiger partial charge in [0.05, 0.1) is 6.61 Å². The molecule has 2 aromatic carbocycles. The molecule has 8 heteroatoms. The number of anilines is 1. The largest absolute Gasteiger partial charge is 0.392 e. The lowest BCUT2D eigenvalue weighted by molar-refractivity contribution is -0.130. The Hall–Kier alpha value is -3.75. The summed E-state index contributed by atoms with van der Waals surface area (Å²) in [4.78, 5) is 23.9. The van der Waals surface area contributed by atoms with Crippen LogP contribution in [-0.4, -0.2) is 48.0 Å². The Morgan fingerprint density at radius 3 is 2.74 bits per heavy atom. The predicted octanol–water partition coefficient (Wildman–Crippen LogP) is 3.90. The zero-order chi connectivity index (χ0) is 26.6. The molecule has 0 aliphatic carbocycles. The van der Waals surface area contributed by atoms with Crippen LogP contribution in [0.3, 0.4) is 0 Å². The van der Waals surface area contributed by atoms with Gasteiger partial charge in [0.2, 0.25) is 5.91 Å². The number of rotatable bonds is 5. The predicted molar refractivity (Wildman–Crippen MR) is 145 cm³/mol. The van der Waals surface area contributed by atoms with Gasteiger partial charge in [-0.05, 0) is 55.9 Å². The lowest BCUT2D eigenvalue weighted by Gasteiger charge is -2.34. The van der Waals surface area contributed by atoms with Gasteiger partial charge < -0.3 is 20.8 Å². The summed E-state index contributed by atoms with van der Waals surface area (Å²) in [6, 6.07) is 13.7. The van der Waals surface area contributed by atoms with Crippen molar-refractivity contribution in [1.82, 2.24) is 19.3 Å². The van der Waals surface area contributed by atoms with E-state index in [4.69, 9.17) is 10.7 Å². The van der Waals surface area contributed by atoms with Crippen LogP contribution in [0.1, 0.15) is 66.6 Å². The van der Waals surface area contributed by atoms with Crippen molar-refractivity contribution in [2.24, 2.45) is 0 Å². The van der Waals surface area contributed by atoms with Gasteiger partial charge in [-0.3, -0.25) is 9.20 Å². The van der Waals surface area contributed by atoms with Gasteiger partial charge in [0.25, 0.3) is 0 Å². The first kappa shape index (κ1) is 24.6. The number of hydrogen-bond donors (Lipinski definition) is 3. The summed E-state index contributed by atoms with van der Waals surface area (Å²) in [6.07, 6.45) is 7.01. The van der Waals surface area contributed by atoms with Crippen molar-refractivity contribution in [3.8, 4) is 11.3 Å². The van der Waals surface area contributed by atoms with E-state index in [1.165, 1.54) is 0 Å². The molecule has 2 aliphatic rings. The van der Waals surface area contributed by atoms with E-state index in [9.17, 15) is 15.0 Å². The number of hydrogen-bond acceptors (Lipinski definition) is 6. The summed E-state index contributed by atoms with van der Waals surface area (Å²) >= 11 is 0. The maximum atomic E-state index is 12.5. The minimum absolute atomic E-state index is 0.0789. The van der Waals surface area contributed by atoms with E-state index in [0.717, 1.165) is 41.8 Å². The number of carbonyl (C=O) groups is 1. The number of aromatic nitrogens is 3. The van der Waals surface area contributed by atoms with Crippen molar-refractivity contribution in [2.45, 2.75) is 63.7 Å². The lowest BCUT2D eigenvalue weighted by atomic mass is 9.85. The zero-order valence-corrected chi connectivity index (χ0v) is 21.8. The molecule has 2 aromatic heterocycles. The third-order valence-electron chi connectivity index (χ3n) is 8.37. The second-order valence-electron chi connectivity index (χ2n) is 10.8. The minimum Gasteiger partial charge on any atom is -0.392 e. The normalized spacial score (nSPS) is 21.1. The zero-order valence-electron chi connectivity index (χ0n) is 21.8. The SMILES string of the molecule is Cc1cccc([C@@](C)(O)c2ccc(-c3nc([C@@H]4CC[C@H]5CCC(=O)N5C4)n4ccnc(N)c34)c(CO)c2)c1. The highest BCUT2D eigenvalue weighted by molar-refractivity contribution is 5.87. The Balaban J connectivity index is 1.44. The Morgan fingerprint density at radius 1 is 1.13 bits per heavy atom. The third kappa shape index (κ3) is 3.95. The van der Waals surface area contributed by atoms with Crippen molar-refractivity contribution in [1.29, 1.82) is 0 Å². The fraction of sp³-hybridized carbons (Fsp3) is 0.367. The van der Waals surface area contributed by atoms with E-state index in [-0.39, 0.29) is 18.4 Å². The van der Waals surface area contributed by atoms with Crippen LogP contribution in [0.5, 0.6) is 0 Å². The highest BCUT2D eigenvalue weighted by atomic mass is 16.3. The van der Waals surface area contributed by atoms with Crippen LogP contribution < -0.4 is 5.73 Å². The van der Waals surface area contributed by atoms with Crippen LogP contribution in [0.2, 0.25) is 0 Å². The number of fused-ring (bicyclic) bond motifs is 2. The topological polar surface area (TPSA) is 117 Å². The Bertz CT molecular complexity index is 1540. The van der Waals surface area contributed by atoms with Crippen molar-refractivity contribution in [3.63, 3.8) is 0 Å². The smallest absolute Gasteiger partial charge is 0.222 e. The molecule has 4 heterocycles. The van der Waals surface area contributed by atoms with E-state index in [2.05, 4.69) is 4.98 Å². The molecule has 6 rings (SSSR count). The van der Waals surface area contributed by atoms with Gasteiger partial charge in [0, 0.05) is 42.9 Å². The maximum absolute atomic E-state index is 12.5. The molecule has 0 unspecified atom stereocenters. The molecule has 0 saturated carbocycles. The van der Waals surface area contributed by atoms with Gasteiger partial charge in [0.15, 0.2) is 0 Å². The van der Waals surface area contributed by atoms with Gasteiger partial charge in [0.1, 0.15) is 28.5 Å². The number of aliphatic hydroxyl groups excluding tert-OH is 1. The average Bonchev–Trinajstić information content (AvgIpc) is 3.49. The van der Waals surface area contributed by atoms with Gasteiger partial charge in [-0.25, -0.2) is 9.97 Å². The Morgan fingerprint density at radius 2 is 1.95 bits per heavy atom. The quantitative estimate of drug-likeness (QED) is 0.374. The number of imidazole rings is 1. The molecule has 38 heavy (non-hydrogen) atoms. The van der Waals surface area contributed by atoms with Crippen molar-refractivity contribution >= 4 is 17.2 Å². The van der Waals surface area contributed by atoms with Crippen LogP contribution in [0, 0.1) is 6.92 Å². The number of aliphatic hydroxyl groups is 2. The highest BCUT2D eigenvalue weighted by Gasteiger charge is 2.38. The molecule has 0 radical (unpaired) electrons. The van der Waals surface area contributed by atoms with Gasteiger partial charge in [-0.2, -0.15) is 0 Å². The monoisotopic (exact) mass is 511 g/mol. The highest BCUT2D eigenvalue weighted by Crippen LogP contribution is 2.40. The molecule has 0 bridgehead atoms. The van der Waals surface area contributed by atoms with Crippen molar-refractivity contribution in [3.05, 3.63) is 82.9 Å². The molecule has 2 aliphatic heterocycles. The molecule has 0 spiro atoms. The van der Waals surface area contributed by atoms with E-state index in [1.54, 1.807) is 13.1 Å². The number of nitrogen functional groups attached to an aromatic ring is 1. The summed E-state index contributed by atoms with van der Waals surface area (Å²) in [5.74, 6) is 1.50. The molecule has 8 nitrogen and oxygen atoms in total. The summed E-state index contributed by atoms with van der Waals surface area (Å²) in [5, 5.41) is 21.9. The molecule has 3 atom stereocenters. The molecular weight excluding hydrogens is 478 g/mol. The van der Waals surface area contributed by atoms with E-state index in [0.29, 0.717) is 47.2 Å². The Labute approximate surface area is 221 Å². The number of nitrogens with zero attached hydrogens (tertiary/aromatic N) is 4. The fourth-order valence-corrected chi connectivity index (χ4v) is 6.21. The van der Waals surface area contributed by atoms with E-state index < -0.39 is 5.60 Å². The number of piperidine rings is 1. The number of aryl methyl sites for hydroxylation is 1. The summed E-state index contributed by atoms with van der Waals surface area (Å²) in [7, 11) is 0. The van der Waals surface area contributed by atoms with Crippen molar-refractivity contribution in [2.75, 3.05) is 12.3 Å². The molecular formula is C30H33N5O3. The van der Waals surface area contributed by atoms with Gasteiger partial charge in [-0.15, -0.1) is 0 Å². The second kappa shape index (κ2) is 9.22. The third-order valence-corrected chi connectivity index (χ3v) is 8.37. The molecule has 1 amide bonds. The first-order valence-corrected chi connectivity index (χ1v) is 13.2. The molecule has 4 aromatic rings. The molecule has 2 fully saturated rings. The standard InChI is InChI=1S/C30H33N5O3/c1-18-4-3-5-21(14-18)30(2,38)22-7-10-24(20(15-22)17-36)26-27-28(31)32-12-13-34(27)29(33-26)19-6-8-23-9-11-25(37)35(23)16-19/h3-5,7,10,12-15,19,23,36,38H,6,8-9,11,16-17H2,1-2H3,(H2,31,32)/t19-,23+,30-/m1/s1. The van der Waals surface area contributed by atoms with Crippen LogP contribution in [0.4, 0.5) is 5.82 Å². The lowest BCUT2D eigenvalue weighted by Crippen LogP contribution is -2.41. The number of benzene rings is 2. The Kier molecular flexibility index (Phi) is 5.96. The molecule has 4 N–H and O–H groups in total. The maximum Gasteiger partial charge on any atom is 0.222 e. The number of amides is 1. The first-order chi connectivity index (χ1) is 18.3. The van der Waals surface area contributed by atoms with Crippen molar-refractivity contribution < 1.29 is 15.0 Å². The van der Waals surface area contributed by atoms with Crippen LogP contribution in [-0.2, 0) is 17.0 Å². The fourth-order valence-electron chi connectivity index (χ4n) is 6.21. The van der Waals surface area contributed by atoms with Gasteiger partial charge in [-0.1, -0.05) is 42.0 Å². The minimum atomic E-state index is -1.24. The van der Waals surface area contributed by atoms with Gasteiger partial charge >= 0.3 is 0 Å². The molecule has 2 saturated heterocycles. The van der Waals surface area contributed by atoms with Crippen LogP contribution in [0.25, 0.3) is 16.8 Å². The number of nitrogens with two attached hydrogens (primary N) is 1.